The van der Waals surface area contributed by atoms with Gasteiger partial charge in [0, 0.05) is 37.8 Å². The summed E-state index contributed by atoms with van der Waals surface area (Å²) in [6.45, 7) is 5.75. The second-order valence-corrected chi connectivity index (χ2v) is 6.20. The van der Waals surface area contributed by atoms with Crippen LogP contribution >= 0.6 is 0 Å². The molecule has 3 rings (SSSR count). The first-order valence-electron chi connectivity index (χ1n) is 7.81. The maximum atomic E-state index is 12.5. The lowest BCUT2D eigenvalue weighted by molar-refractivity contribution is -0.127. The molecule has 0 atom stereocenters. The Morgan fingerprint density at radius 1 is 1.19 bits per heavy atom. The molecule has 1 saturated heterocycles. The molecule has 0 bridgehead atoms. The largest absolute Gasteiger partial charge is 0.379 e. The van der Waals surface area contributed by atoms with Crippen molar-refractivity contribution in [3.63, 3.8) is 0 Å². The van der Waals surface area contributed by atoms with E-state index in [-0.39, 0.29) is 11.8 Å². The summed E-state index contributed by atoms with van der Waals surface area (Å²) < 4.78 is 5.38. The van der Waals surface area contributed by atoms with E-state index in [0.717, 1.165) is 44.8 Å². The van der Waals surface area contributed by atoms with Crippen molar-refractivity contribution in [1.82, 2.24) is 4.90 Å². The van der Waals surface area contributed by atoms with E-state index in [1.54, 1.807) is 4.90 Å². The van der Waals surface area contributed by atoms with Gasteiger partial charge in [0.05, 0.1) is 13.2 Å². The normalized spacial score (nSPS) is 26.2. The van der Waals surface area contributed by atoms with Gasteiger partial charge in [0.1, 0.15) is 0 Å². The molecule has 21 heavy (non-hydrogen) atoms. The van der Waals surface area contributed by atoms with Crippen LogP contribution in [0, 0.1) is 12.8 Å². The fourth-order valence-electron chi connectivity index (χ4n) is 3.20. The van der Waals surface area contributed by atoms with Crippen molar-refractivity contribution in [2.45, 2.75) is 25.8 Å². The number of benzene rings is 1. The highest BCUT2D eigenvalue weighted by Gasteiger charge is 2.39. The summed E-state index contributed by atoms with van der Waals surface area (Å²) in [6.07, 6.45) is 1.99. The summed E-state index contributed by atoms with van der Waals surface area (Å²) >= 11 is 0. The number of rotatable bonds is 3. The summed E-state index contributed by atoms with van der Waals surface area (Å²) in [6, 6.07) is 8.72. The number of carbonyl (C=O) groups is 1. The molecule has 0 radical (unpaired) electrons. The van der Waals surface area contributed by atoms with Gasteiger partial charge in [-0.15, -0.1) is 0 Å². The third-order valence-electron chi connectivity index (χ3n) is 4.78. The molecule has 4 nitrogen and oxygen atoms in total. The summed E-state index contributed by atoms with van der Waals surface area (Å²) in [7, 11) is 1.88. The Morgan fingerprint density at radius 3 is 2.43 bits per heavy atom. The number of ether oxygens (including phenoxy) is 1. The Labute approximate surface area is 126 Å². The average molecular weight is 288 g/mol. The van der Waals surface area contributed by atoms with Crippen molar-refractivity contribution in [2.24, 2.45) is 5.92 Å². The highest BCUT2D eigenvalue weighted by molar-refractivity contribution is 5.95. The Balaban J connectivity index is 1.53. The van der Waals surface area contributed by atoms with Crippen LogP contribution < -0.4 is 4.90 Å². The standard InChI is InChI=1S/C17H24N2O2/c1-13-3-5-15(6-4-13)18(2)17(20)14-11-16(12-14)19-7-9-21-10-8-19/h3-6,14,16H,7-12H2,1-2H3. The van der Waals surface area contributed by atoms with Crippen LogP contribution in [0.4, 0.5) is 5.69 Å². The summed E-state index contributed by atoms with van der Waals surface area (Å²) in [5, 5.41) is 0. The van der Waals surface area contributed by atoms with Crippen LogP contribution in [-0.2, 0) is 9.53 Å². The van der Waals surface area contributed by atoms with Crippen molar-refractivity contribution in [2.75, 3.05) is 38.3 Å². The first-order chi connectivity index (χ1) is 10.1. The van der Waals surface area contributed by atoms with Gasteiger partial charge in [-0.3, -0.25) is 9.69 Å². The predicted molar refractivity (Wildman–Crippen MR) is 83.5 cm³/mol. The molecule has 114 valence electrons. The van der Waals surface area contributed by atoms with Crippen LogP contribution in [0.3, 0.4) is 0 Å². The van der Waals surface area contributed by atoms with Crippen molar-refractivity contribution >= 4 is 11.6 Å². The van der Waals surface area contributed by atoms with E-state index in [4.69, 9.17) is 4.74 Å². The van der Waals surface area contributed by atoms with Gasteiger partial charge in [-0.05, 0) is 31.9 Å². The Kier molecular flexibility index (Phi) is 4.27. The zero-order valence-electron chi connectivity index (χ0n) is 12.9. The van der Waals surface area contributed by atoms with Crippen LogP contribution in [0.5, 0.6) is 0 Å². The molecule has 1 aromatic rings. The quantitative estimate of drug-likeness (QED) is 0.853. The molecular formula is C17H24N2O2. The SMILES string of the molecule is Cc1ccc(N(C)C(=O)C2CC(N3CCOCC3)C2)cc1. The fraction of sp³-hybridized carbons (Fsp3) is 0.588. The molecule has 0 N–H and O–H groups in total. The van der Waals surface area contributed by atoms with Crippen LogP contribution in [0.1, 0.15) is 18.4 Å². The molecule has 2 fully saturated rings. The molecule has 1 aromatic carbocycles. The topological polar surface area (TPSA) is 32.8 Å². The Hall–Kier alpha value is -1.39. The minimum Gasteiger partial charge on any atom is -0.379 e. The van der Waals surface area contributed by atoms with E-state index in [1.807, 2.05) is 19.2 Å². The molecule has 1 aliphatic heterocycles. The smallest absolute Gasteiger partial charge is 0.229 e. The van der Waals surface area contributed by atoms with Gasteiger partial charge in [-0.2, -0.15) is 0 Å². The Morgan fingerprint density at radius 2 is 1.81 bits per heavy atom. The molecule has 0 aromatic heterocycles. The monoisotopic (exact) mass is 288 g/mol. The zero-order valence-corrected chi connectivity index (χ0v) is 12.9. The van der Waals surface area contributed by atoms with Gasteiger partial charge in [-0.1, -0.05) is 17.7 Å². The van der Waals surface area contributed by atoms with E-state index in [1.165, 1.54) is 5.56 Å². The first kappa shape index (κ1) is 14.5. The van der Waals surface area contributed by atoms with Crippen LogP contribution in [-0.4, -0.2) is 50.2 Å². The maximum absolute atomic E-state index is 12.5. The third-order valence-corrected chi connectivity index (χ3v) is 4.78. The second kappa shape index (κ2) is 6.16. The molecule has 1 heterocycles. The molecule has 0 unspecified atom stereocenters. The molecule has 0 spiro atoms. The van der Waals surface area contributed by atoms with Crippen molar-refractivity contribution in [3.05, 3.63) is 29.8 Å². The first-order valence-corrected chi connectivity index (χ1v) is 7.81. The van der Waals surface area contributed by atoms with Gasteiger partial charge in [0.2, 0.25) is 5.91 Å². The molecule has 1 saturated carbocycles. The lowest BCUT2D eigenvalue weighted by Gasteiger charge is -2.44. The summed E-state index contributed by atoms with van der Waals surface area (Å²) in [4.78, 5) is 16.8. The van der Waals surface area contributed by atoms with E-state index >= 15 is 0 Å². The van der Waals surface area contributed by atoms with E-state index in [9.17, 15) is 4.79 Å². The highest BCUT2D eigenvalue weighted by atomic mass is 16.5. The lowest BCUT2D eigenvalue weighted by atomic mass is 9.78. The number of hydrogen-bond donors (Lipinski definition) is 0. The second-order valence-electron chi connectivity index (χ2n) is 6.20. The van der Waals surface area contributed by atoms with E-state index in [0.29, 0.717) is 6.04 Å². The van der Waals surface area contributed by atoms with Crippen LogP contribution in [0.25, 0.3) is 0 Å². The van der Waals surface area contributed by atoms with E-state index in [2.05, 4.69) is 24.0 Å². The lowest BCUT2D eigenvalue weighted by Crippen LogP contribution is -2.53. The number of anilines is 1. The maximum Gasteiger partial charge on any atom is 0.229 e. The molecule has 1 aliphatic carbocycles. The summed E-state index contributed by atoms with van der Waals surface area (Å²) in [5.74, 6) is 0.438. The highest BCUT2D eigenvalue weighted by Crippen LogP contribution is 2.34. The molecule has 1 amide bonds. The minimum absolute atomic E-state index is 0.184. The van der Waals surface area contributed by atoms with Gasteiger partial charge in [0.15, 0.2) is 0 Å². The van der Waals surface area contributed by atoms with Crippen molar-refractivity contribution < 1.29 is 9.53 Å². The fourth-order valence-corrected chi connectivity index (χ4v) is 3.20. The number of aryl methyl sites for hydroxylation is 1. The number of nitrogens with zero attached hydrogens (tertiary/aromatic N) is 2. The average Bonchev–Trinajstić information content (AvgIpc) is 2.47. The van der Waals surface area contributed by atoms with Gasteiger partial charge in [-0.25, -0.2) is 0 Å². The Bertz CT molecular complexity index is 488. The third kappa shape index (κ3) is 3.11. The number of morpholine rings is 1. The number of hydrogen-bond acceptors (Lipinski definition) is 3. The van der Waals surface area contributed by atoms with Crippen molar-refractivity contribution in [3.8, 4) is 0 Å². The number of carbonyl (C=O) groups excluding carboxylic acids is 1. The molecule has 2 aliphatic rings. The summed E-state index contributed by atoms with van der Waals surface area (Å²) in [5.41, 5.74) is 2.20. The molecule has 4 heteroatoms. The van der Waals surface area contributed by atoms with E-state index < -0.39 is 0 Å². The molecular weight excluding hydrogens is 264 g/mol. The van der Waals surface area contributed by atoms with Crippen LogP contribution in [0.2, 0.25) is 0 Å². The van der Waals surface area contributed by atoms with Crippen molar-refractivity contribution in [1.29, 1.82) is 0 Å². The predicted octanol–water partition coefficient (Wildman–Crippen LogP) is 2.07. The van der Waals surface area contributed by atoms with Gasteiger partial charge < -0.3 is 9.64 Å². The zero-order chi connectivity index (χ0) is 14.8. The number of amides is 1. The van der Waals surface area contributed by atoms with Gasteiger partial charge in [0.25, 0.3) is 0 Å². The van der Waals surface area contributed by atoms with Gasteiger partial charge >= 0.3 is 0 Å². The minimum atomic E-state index is 0.184. The van der Waals surface area contributed by atoms with Crippen LogP contribution in [0.15, 0.2) is 24.3 Å².